The summed E-state index contributed by atoms with van der Waals surface area (Å²) in [6.07, 6.45) is 0.733. The molecule has 0 aliphatic rings. The Balaban J connectivity index is 1.89. The number of carbonyl (C=O) groups is 1. The van der Waals surface area contributed by atoms with Crippen molar-refractivity contribution in [1.82, 2.24) is 10.5 Å². The van der Waals surface area contributed by atoms with Crippen molar-refractivity contribution in [2.24, 2.45) is 0 Å². The van der Waals surface area contributed by atoms with Crippen LogP contribution in [0.1, 0.15) is 29.6 Å². The zero-order valence-electron chi connectivity index (χ0n) is 13.3. The van der Waals surface area contributed by atoms with Gasteiger partial charge < -0.3 is 19.3 Å². The number of nitrogens with one attached hydrogen (secondary N) is 1. The van der Waals surface area contributed by atoms with Crippen molar-refractivity contribution in [3.05, 3.63) is 46.6 Å². The number of halogens is 2. The van der Waals surface area contributed by atoms with Crippen LogP contribution in [-0.2, 0) is 11.3 Å². The largest absolute Gasteiger partial charge is 0.484 e. The van der Waals surface area contributed by atoms with Gasteiger partial charge in [-0.1, -0.05) is 23.7 Å². The Morgan fingerprint density at radius 3 is 2.92 bits per heavy atom. The molecule has 130 valence electrons. The molecule has 0 saturated carbocycles. The molecule has 6 nitrogen and oxygen atoms in total. The minimum absolute atomic E-state index is 0.0152. The van der Waals surface area contributed by atoms with Crippen LogP contribution >= 0.6 is 11.6 Å². The third-order valence-corrected chi connectivity index (χ3v) is 3.63. The van der Waals surface area contributed by atoms with Crippen LogP contribution in [0.15, 0.2) is 28.8 Å². The van der Waals surface area contributed by atoms with Crippen molar-refractivity contribution in [3.63, 3.8) is 0 Å². The smallest absolute Gasteiger partial charge is 0.273 e. The lowest BCUT2D eigenvalue weighted by Crippen LogP contribution is -2.32. The van der Waals surface area contributed by atoms with Crippen molar-refractivity contribution >= 4 is 17.5 Å². The minimum atomic E-state index is -0.451. The van der Waals surface area contributed by atoms with Crippen molar-refractivity contribution in [2.45, 2.75) is 26.1 Å². The number of methoxy groups -OCH3 is 1. The summed E-state index contributed by atoms with van der Waals surface area (Å²) in [6, 6.07) is 5.27. The second kappa shape index (κ2) is 8.65. The number of aromatic nitrogens is 1. The third kappa shape index (κ3) is 4.94. The van der Waals surface area contributed by atoms with E-state index in [4.69, 9.17) is 25.6 Å². The molecule has 1 amide bonds. The molecule has 1 aromatic carbocycles. The molecule has 0 aliphatic carbocycles. The topological polar surface area (TPSA) is 73.6 Å². The molecule has 0 aliphatic heterocycles. The quantitative estimate of drug-likeness (QED) is 0.786. The molecule has 8 heteroatoms. The molecule has 2 rings (SSSR count). The maximum Gasteiger partial charge on any atom is 0.273 e. The van der Waals surface area contributed by atoms with Crippen LogP contribution in [0.5, 0.6) is 5.75 Å². The van der Waals surface area contributed by atoms with E-state index in [0.29, 0.717) is 18.1 Å². The molecule has 24 heavy (non-hydrogen) atoms. The fourth-order valence-corrected chi connectivity index (χ4v) is 2.14. The molecule has 0 radical (unpaired) electrons. The van der Waals surface area contributed by atoms with Crippen molar-refractivity contribution in [3.8, 4) is 5.75 Å². The Labute approximate surface area is 143 Å². The van der Waals surface area contributed by atoms with E-state index in [9.17, 15) is 9.18 Å². The average molecular weight is 357 g/mol. The number of ether oxygens (including phenoxy) is 2. The zero-order valence-corrected chi connectivity index (χ0v) is 14.1. The predicted octanol–water partition coefficient (Wildman–Crippen LogP) is 3.20. The summed E-state index contributed by atoms with van der Waals surface area (Å²) in [5.41, 5.74) is 0.143. The van der Waals surface area contributed by atoms with Gasteiger partial charge in [0.1, 0.15) is 18.2 Å². The van der Waals surface area contributed by atoms with Gasteiger partial charge in [-0.2, -0.15) is 0 Å². The van der Waals surface area contributed by atoms with E-state index in [1.807, 2.05) is 6.92 Å². The summed E-state index contributed by atoms with van der Waals surface area (Å²) in [7, 11) is 1.59. The second-order valence-electron chi connectivity index (χ2n) is 5.02. The fourth-order valence-electron chi connectivity index (χ4n) is 1.92. The van der Waals surface area contributed by atoms with Gasteiger partial charge in [0, 0.05) is 19.7 Å². The minimum Gasteiger partial charge on any atom is -0.484 e. The lowest BCUT2D eigenvalue weighted by atomic mass is 10.2. The Morgan fingerprint density at radius 2 is 2.25 bits per heavy atom. The summed E-state index contributed by atoms with van der Waals surface area (Å²) < 4.78 is 28.6. The standard InChI is InChI=1S/C16H18ClFN2O4/c1-3-11(22-2)8-19-16(21)14-7-12(24-20-14)9-23-15-5-4-10(18)6-13(15)17/h4-7,11H,3,8-9H2,1-2H3,(H,19,21)/t11-/m0/s1. The maximum absolute atomic E-state index is 13.0. The average Bonchev–Trinajstić information content (AvgIpc) is 3.04. The molecule has 0 unspecified atom stereocenters. The lowest BCUT2D eigenvalue weighted by Gasteiger charge is -2.12. The highest BCUT2D eigenvalue weighted by molar-refractivity contribution is 6.32. The lowest BCUT2D eigenvalue weighted by molar-refractivity contribution is 0.0809. The fraction of sp³-hybridized carbons (Fsp3) is 0.375. The number of benzene rings is 1. The van der Waals surface area contributed by atoms with Gasteiger partial charge >= 0.3 is 0 Å². The van der Waals surface area contributed by atoms with Gasteiger partial charge in [0.05, 0.1) is 11.1 Å². The first-order chi connectivity index (χ1) is 11.5. The summed E-state index contributed by atoms with van der Waals surface area (Å²) in [5.74, 6) is -0.154. The number of rotatable bonds is 8. The number of hydrogen-bond donors (Lipinski definition) is 1. The molecule has 2 aromatic rings. The number of carbonyl (C=O) groups excluding carboxylic acids is 1. The van der Waals surface area contributed by atoms with Gasteiger partial charge in [0.2, 0.25) is 0 Å². The van der Waals surface area contributed by atoms with Gasteiger partial charge in [-0.25, -0.2) is 4.39 Å². The van der Waals surface area contributed by atoms with E-state index in [1.165, 1.54) is 18.2 Å². The highest BCUT2D eigenvalue weighted by Crippen LogP contribution is 2.25. The highest BCUT2D eigenvalue weighted by atomic mass is 35.5. The third-order valence-electron chi connectivity index (χ3n) is 3.33. The molecular weight excluding hydrogens is 339 g/mol. The Bertz CT molecular complexity index is 688. The van der Waals surface area contributed by atoms with Crippen LogP contribution in [0.25, 0.3) is 0 Å². The van der Waals surface area contributed by atoms with Gasteiger partial charge in [0.25, 0.3) is 5.91 Å². The van der Waals surface area contributed by atoms with E-state index < -0.39 is 5.82 Å². The highest BCUT2D eigenvalue weighted by Gasteiger charge is 2.15. The van der Waals surface area contributed by atoms with Crippen LogP contribution in [0, 0.1) is 5.82 Å². The monoisotopic (exact) mass is 356 g/mol. The second-order valence-corrected chi connectivity index (χ2v) is 5.43. The zero-order chi connectivity index (χ0) is 17.5. The van der Waals surface area contributed by atoms with Gasteiger partial charge in [-0.05, 0) is 24.6 Å². The first kappa shape index (κ1) is 18.2. The van der Waals surface area contributed by atoms with Crippen LogP contribution < -0.4 is 10.1 Å². The first-order valence-electron chi connectivity index (χ1n) is 7.38. The van der Waals surface area contributed by atoms with Crippen LogP contribution in [0.2, 0.25) is 5.02 Å². The molecular formula is C16H18ClFN2O4. The van der Waals surface area contributed by atoms with Gasteiger partial charge in [0.15, 0.2) is 11.5 Å². The Morgan fingerprint density at radius 1 is 1.46 bits per heavy atom. The van der Waals surface area contributed by atoms with Crippen molar-refractivity contribution < 1.29 is 23.2 Å². The summed E-state index contributed by atoms with van der Waals surface area (Å²) in [6.45, 7) is 2.36. The van der Waals surface area contributed by atoms with Gasteiger partial charge in [-0.15, -0.1) is 0 Å². The van der Waals surface area contributed by atoms with Crippen LogP contribution in [0.3, 0.4) is 0 Å². The summed E-state index contributed by atoms with van der Waals surface area (Å²) >= 11 is 5.86. The SMILES string of the molecule is CC[C@@H](CNC(=O)c1cc(COc2ccc(F)cc2Cl)on1)OC. The molecule has 0 bridgehead atoms. The van der Waals surface area contributed by atoms with E-state index in [1.54, 1.807) is 7.11 Å². The number of nitrogens with zero attached hydrogens (tertiary/aromatic N) is 1. The van der Waals surface area contributed by atoms with E-state index in [-0.39, 0.29) is 29.3 Å². The Hall–Kier alpha value is -2.12. The molecule has 0 saturated heterocycles. The molecule has 0 fully saturated rings. The van der Waals surface area contributed by atoms with E-state index >= 15 is 0 Å². The predicted molar refractivity (Wildman–Crippen MR) is 85.7 cm³/mol. The van der Waals surface area contributed by atoms with Gasteiger partial charge in [-0.3, -0.25) is 4.79 Å². The van der Waals surface area contributed by atoms with Crippen molar-refractivity contribution in [2.75, 3.05) is 13.7 Å². The first-order valence-corrected chi connectivity index (χ1v) is 7.75. The van der Waals surface area contributed by atoms with Crippen LogP contribution in [-0.4, -0.2) is 30.8 Å². The molecule has 1 heterocycles. The Kier molecular flexibility index (Phi) is 6.57. The van der Waals surface area contributed by atoms with E-state index in [0.717, 1.165) is 12.5 Å². The number of amides is 1. The molecule has 1 N–H and O–H groups in total. The van der Waals surface area contributed by atoms with Crippen molar-refractivity contribution in [1.29, 1.82) is 0 Å². The molecule has 1 atom stereocenters. The number of hydrogen-bond acceptors (Lipinski definition) is 5. The normalized spacial score (nSPS) is 12.0. The molecule has 0 spiro atoms. The summed E-state index contributed by atoms with van der Waals surface area (Å²) in [5, 5.41) is 6.56. The summed E-state index contributed by atoms with van der Waals surface area (Å²) in [4.78, 5) is 12.0. The van der Waals surface area contributed by atoms with E-state index in [2.05, 4.69) is 10.5 Å². The molecule has 1 aromatic heterocycles. The van der Waals surface area contributed by atoms with Crippen LogP contribution in [0.4, 0.5) is 4.39 Å². The maximum atomic E-state index is 13.0.